The smallest absolute Gasteiger partial charge is 0.339 e. The maximum Gasteiger partial charge on any atom is 0.339 e. The summed E-state index contributed by atoms with van der Waals surface area (Å²) in [6, 6.07) is 9.78. The van der Waals surface area contributed by atoms with Crippen molar-refractivity contribution in [1.82, 2.24) is 0 Å². The number of carboxylic acid groups (broad SMARTS) is 1. The lowest BCUT2D eigenvalue weighted by Crippen LogP contribution is -2.18. The van der Waals surface area contributed by atoms with Crippen molar-refractivity contribution in [1.29, 1.82) is 0 Å². The van der Waals surface area contributed by atoms with E-state index in [1.54, 1.807) is 12.1 Å². The molecule has 2 aromatic carbocycles. The molecule has 0 aromatic heterocycles. The molecule has 0 unspecified atom stereocenters. The van der Waals surface area contributed by atoms with Gasteiger partial charge in [-0.15, -0.1) is 0 Å². The normalized spacial score (nSPS) is 15.4. The van der Waals surface area contributed by atoms with Crippen LogP contribution in [0.3, 0.4) is 0 Å². The Morgan fingerprint density at radius 1 is 1.29 bits per heavy atom. The minimum Gasteiger partial charge on any atom is -0.492 e. The quantitative estimate of drug-likeness (QED) is 0.911. The molecule has 0 radical (unpaired) electrons. The number of carboxylic acids is 1. The highest BCUT2D eigenvalue weighted by Crippen LogP contribution is 2.41. The fourth-order valence-corrected chi connectivity index (χ4v) is 2.67. The summed E-state index contributed by atoms with van der Waals surface area (Å²) >= 11 is 0. The first-order chi connectivity index (χ1) is 9.90. The monoisotopic (exact) mass is 286 g/mol. The summed E-state index contributed by atoms with van der Waals surface area (Å²) in [7, 11) is 0. The van der Waals surface area contributed by atoms with E-state index < -0.39 is 11.8 Å². The van der Waals surface area contributed by atoms with Crippen molar-refractivity contribution >= 4 is 5.97 Å². The van der Waals surface area contributed by atoms with E-state index in [-0.39, 0.29) is 11.0 Å². The summed E-state index contributed by atoms with van der Waals surface area (Å²) < 4.78 is 19.4. The molecule has 1 aliphatic heterocycles. The van der Waals surface area contributed by atoms with Crippen LogP contribution in [0.15, 0.2) is 36.4 Å². The molecule has 1 aliphatic rings. The van der Waals surface area contributed by atoms with Gasteiger partial charge in [-0.1, -0.05) is 32.0 Å². The van der Waals surface area contributed by atoms with Gasteiger partial charge in [0.1, 0.15) is 17.1 Å². The molecule has 0 fully saturated rings. The Bertz CT molecular complexity index is 735. The minimum atomic E-state index is -1.26. The van der Waals surface area contributed by atoms with Crippen molar-refractivity contribution in [2.75, 3.05) is 6.61 Å². The summed E-state index contributed by atoms with van der Waals surface area (Å²) in [6.07, 6.45) is 0. The third-order valence-electron chi connectivity index (χ3n) is 3.84. The number of halogens is 1. The van der Waals surface area contributed by atoms with Crippen molar-refractivity contribution in [2.24, 2.45) is 0 Å². The average molecular weight is 286 g/mol. The van der Waals surface area contributed by atoms with Gasteiger partial charge in [-0.3, -0.25) is 0 Å². The summed E-state index contributed by atoms with van der Waals surface area (Å²) in [5.41, 5.74) is 1.65. The summed E-state index contributed by atoms with van der Waals surface area (Å²) in [6.45, 7) is 4.71. The molecular formula is C17H15FO3. The largest absolute Gasteiger partial charge is 0.492 e. The second-order valence-corrected chi connectivity index (χ2v) is 5.85. The number of ether oxygens (including phenoxy) is 1. The van der Waals surface area contributed by atoms with Gasteiger partial charge in [-0.2, -0.15) is 0 Å². The SMILES string of the molecule is CC1(C)COc2ccc(-c3cccc(F)c3C(=O)O)cc21. The molecule has 1 heterocycles. The number of benzene rings is 2. The average Bonchev–Trinajstić information content (AvgIpc) is 2.73. The Hall–Kier alpha value is -2.36. The second kappa shape index (κ2) is 4.58. The van der Waals surface area contributed by atoms with Crippen molar-refractivity contribution in [3.63, 3.8) is 0 Å². The molecule has 3 nitrogen and oxygen atoms in total. The first-order valence-electron chi connectivity index (χ1n) is 6.70. The third-order valence-corrected chi connectivity index (χ3v) is 3.84. The lowest BCUT2D eigenvalue weighted by atomic mass is 9.85. The summed E-state index contributed by atoms with van der Waals surface area (Å²) in [5, 5.41) is 9.24. The molecule has 0 amide bonds. The van der Waals surface area contributed by atoms with Gasteiger partial charge in [0, 0.05) is 11.0 Å². The maximum absolute atomic E-state index is 13.8. The molecule has 4 heteroatoms. The molecule has 1 N–H and O–H groups in total. The zero-order valence-electron chi connectivity index (χ0n) is 11.8. The van der Waals surface area contributed by atoms with Crippen LogP contribution in [-0.2, 0) is 5.41 Å². The van der Waals surface area contributed by atoms with Crippen LogP contribution in [0, 0.1) is 5.82 Å². The number of aromatic carboxylic acids is 1. The van der Waals surface area contributed by atoms with Crippen LogP contribution < -0.4 is 4.74 Å². The lowest BCUT2D eigenvalue weighted by molar-refractivity contribution is 0.0693. The first kappa shape index (κ1) is 13.6. The highest BCUT2D eigenvalue weighted by atomic mass is 19.1. The Labute approximate surface area is 122 Å². The van der Waals surface area contributed by atoms with E-state index in [1.807, 2.05) is 12.1 Å². The second-order valence-electron chi connectivity index (χ2n) is 5.85. The fraction of sp³-hybridized carbons (Fsp3) is 0.235. The number of carbonyl (C=O) groups is 1. The topological polar surface area (TPSA) is 46.5 Å². The Balaban J connectivity index is 2.20. The molecule has 0 atom stereocenters. The van der Waals surface area contributed by atoms with E-state index in [1.165, 1.54) is 6.07 Å². The fourth-order valence-electron chi connectivity index (χ4n) is 2.67. The number of hydrogen-bond acceptors (Lipinski definition) is 2. The van der Waals surface area contributed by atoms with Crippen LogP contribution in [0.1, 0.15) is 29.8 Å². The summed E-state index contributed by atoms with van der Waals surface area (Å²) in [4.78, 5) is 11.3. The Morgan fingerprint density at radius 3 is 2.76 bits per heavy atom. The Morgan fingerprint density at radius 2 is 2.05 bits per heavy atom. The van der Waals surface area contributed by atoms with Gasteiger partial charge in [0.15, 0.2) is 0 Å². The molecule has 0 saturated carbocycles. The highest BCUT2D eigenvalue weighted by molar-refractivity contribution is 5.96. The van der Waals surface area contributed by atoms with Crippen LogP contribution in [0.5, 0.6) is 5.75 Å². The van der Waals surface area contributed by atoms with Gasteiger partial charge in [-0.25, -0.2) is 9.18 Å². The van der Waals surface area contributed by atoms with Crippen molar-refractivity contribution < 1.29 is 19.0 Å². The van der Waals surface area contributed by atoms with Gasteiger partial charge >= 0.3 is 5.97 Å². The van der Waals surface area contributed by atoms with Crippen LogP contribution >= 0.6 is 0 Å². The van der Waals surface area contributed by atoms with Gasteiger partial charge in [0.25, 0.3) is 0 Å². The molecule has 0 aliphatic carbocycles. The molecule has 0 saturated heterocycles. The van der Waals surface area contributed by atoms with Crippen LogP contribution in [0.4, 0.5) is 4.39 Å². The van der Waals surface area contributed by atoms with Gasteiger partial charge < -0.3 is 9.84 Å². The third kappa shape index (κ3) is 2.17. The zero-order valence-corrected chi connectivity index (χ0v) is 11.8. The van der Waals surface area contributed by atoms with Gasteiger partial charge in [0.05, 0.1) is 6.61 Å². The molecule has 0 spiro atoms. The van der Waals surface area contributed by atoms with Crippen LogP contribution in [0.2, 0.25) is 0 Å². The van der Waals surface area contributed by atoms with Crippen LogP contribution in [0.25, 0.3) is 11.1 Å². The Kier molecular flexibility index (Phi) is 2.97. The van der Waals surface area contributed by atoms with E-state index in [0.29, 0.717) is 17.7 Å². The first-order valence-corrected chi connectivity index (χ1v) is 6.70. The zero-order chi connectivity index (χ0) is 15.2. The number of hydrogen-bond donors (Lipinski definition) is 1. The van der Waals surface area contributed by atoms with Gasteiger partial charge in [0.2, 0.25) is 0 Å². The van der Waals surface area contributed by atoms with E-state index in [2.05, 4.69) is 13.8 Å². The lowest BCUT2D eigenvalue weighted by Gasteiger charge is -2.16. The van der Waals surface area contributed by atoms with E-state index >= 15 is 0 Å². The summed E-state index contributed by atoms with van der Waals surface area (Å²) in [5.74, 6) is -1.19. The van der Waals surface area contributed by atoms with Crippen molar-refractivity contribution in [3.8, 4) is 16.9 Å². The number of fused-ring (bicyclic) bond motifs is 1. The molecule has 3 rings (SSSR count). The van der Waals surface area contributed by atoms with Crippen molar-refractivity contribution in [3.05, 3.63) is 53.3 Å². The highest BCUT2D eigenvalue weighted by Gasteiger charge is 2.32. The van der Waals surface area contributed by atoms with Crippen molar-refractivity contribution in [2.45, 2.75) is 19.3 Å². The van der Waals surface area contributed by atoms with E-state index in [4.69, 9.17) is 4.74 Å². The standard InChI is InChI=1S/C17H15FO3/c1-17(2)9-21-14-7-6-10(8-12(14)17)11-4-3-5-13(18)15(11)16(19)20/h3-8H,9H2,1-2H3,(H,19,20). The molecule has 0 bridgehead atoms. The predicted molar refractivity (Wildman–Crippen MR) is 77.3 cm³/mol. The number of rotatable bonds is 2. The predicted octanol–water partition coefficient (Wildman–Crippen LogP) is 3.86. The molecule has 108 valence electrons. The van der Waals surface area contributed by atoms with E-state index in [0.717, 1.165) is 17.4 Å². The molecular weight excluding hydrogens is 271 g/mol. The minimum absolute atomic E-state index is 0.137. The maximum atomic E-state index is 13.8. The van der Waals surface area contributed by atoms with E-state index in [9.17, 15) is 14.3 Å². The molecule has 2 aromatic rings. The van der Waals surface area contributed by atoms with Crippen LogP contribution in [-0.4, -0.2) is 17.7 Å². The van der Waals surface area contributed by atoms with Gasteiger partial charge in [-0.05, 0) is 29.3 Å². The molecule has 21 heavy (non-hydrogen) atoms.